The molecule has 1 unspecified atom stereocenters. The molecule has 94 valence electrons. The van der Waals surface area contributed by atoms with Gasteiger partial charge in [0.1, 0.15) is 12.1 Å². The van der Waals surface area contributed by atoms with Crippen molar-refractivity contribution in [1.29, 1.82) is 0 Å². The number of carbonyl (C=O) groups excluding carboxylic acids is 1. The van der Waals surface area contributed by atoms with E-state index in [4.69, 9.17) is 0 Å². The second-order valence-electron chi connectivity index (χ2n) is 3.89. The van der Waals surface area contributed by atoms with Gasteiger partial charge in [0, 0.05) is 13.2 Å². The van der Waals surface area contributed by atoms with Crippen LogP contribution in [0.2, 0.25) is 0 Å². The third-order valence-corrected chi connectivity index (χ3v) is 2.53. The van der Waals surface area contributed by atoms with Crippen molar-refractivity contribution >= 4 is 5.91 Å². The van der Waals surface area contributed by atoms with Crippen LogP contribution in [0.5, 0.6) is 5.75 Å². The lowest BCUT2D eigenvalue weighted by atomic mass is 10.2. The molecule has 0 saturated carbocycles. The Bertz CT molecular complexity index is 566. The number of nitrogens with one attached hydrogen (secondary N) is 1. The number of rotatable bonds is 3. The Morgan fingerprint density at radius 2 is 2.33 bits per heavy atom. The topological polar surface area (TPSA) is 92.9 Å². The Morgan fingerprint density at radius 1 is 1.56 bits per heavy atom. The molecule has 7 nitrogen and oxygen atoms in total. The minimum absolute atomic E-state index is 0.153. The summed E-state index contributed by atoms with van der Waals surface area (Å²) in [5, 5.41) is 19.9. The minimum atomic E-state index is -0.384. The van der Waals surface area contributed by atoms with Crippen molar-refractivity contribution in [3.05, 3.63) is 36.2 Å². The van der Waals surface area contributed by atoms with E-state index < -0.39 is 0 Å². The molecule has 1 atom stereocenters. The van der Waals surface area contributed by atoms with Crippen molar-refractivity contribution in [2.24, 2.45) is 7.05 Å². The molecule has 0 aliphatic carbocycles. The van der Waals surface area contributed by atoms with Crippen molar-refractivity contribution in [1.82, 2.24) is 25.1 Å². The van der Waals surface area contributed by atoms with Crippen LogP contribution < -0.4 is 5.32 Å². The lowest BCUT2D eigenvalue weighted by Crippen LogP contribution is -2.28. The van der Waals surface area contributed by atoms with Gasteiger partial charge >= 0.3 is 0 Å². The summed E-state index contributed by atoms with van der Waals surface area (Å²) in [7, 11) is 1.79. The van der Waals surface area contributed by atoms with E-state index in [-0.39, 0.29) is 23.3 Å². The van der Waals surface area contributed by atoms with E-state index in [1.165, 1.54) is 18.5 Å². The van der Waals surface area contributed by atoms with Gasteiger partial charge in [-0.2, -0.15) is 0 Å². The van der Waals surface area contributed by atoms with E-state index >= 15 is 0 Å². The van der Waals surface area contributed by atoms with Gasteiger partial charge in [0.15, 0.2) is 5.82 Å². The molecule has 2 rings (SSSR count). The van der Waals surface area contributed by atoms with Gasteiger partial charge in [0.2, 0.25) is 0 Å². The molecule has 7 heteroatoms. The average Bonchev–Trinajstić information content (AvgIpc) is 2.76. The van der Waals surface area contributed by atoms with Crippen molar-refractivity contribution in [3.63, 3.8) is 0 Å². The lowest BCUT2D eigenvalue weighted by molar-refractivity contribution is 0.0935. The molecule has 0 aliphatic heterocycles. The van der Waals surface area contributed by atoms with Gasteiger partial charge in [0.05, 0.1) is 17.8 Å². The first kappa shape index (κ1) is 12.0. The number of amides is 1. The fourth-order valence-electron chi connectivity index (χ4n) is 1.60. The lowest BCUT2D eigenvalue weighted by Gasteiger charge is -2.13. The SMILES string of the molecule is CC(NC(=O)c1ccncc1O)c1nncn1C. The number of hydrogen-bond donors (Lipinski definition) is 2. The summed E-state index contributed by atoms with van der Waals surface area (Å²) in [6.07, 6.45) is 4.23. The Balaban J connectivity index is 2.13. The van der Waals surface area contributed by atoms with Crippen LogP contribution in [0.4, 0.5) is 0 Å². The molecule has 0 radical (unpaired) electrons. The zero-order chi connectivity index (χ0) is 13.1. The summed E-state index contributed by atoms with van der Waals surface area (Å²) in [5.41, 5.74) is 0.180. The Morgan fingerprint density at radius 3 is 2.94 bits per heavy atom. The molecular weight excluding hydrogens is 234 g/mol. The van der Waals surface area contributed by atoms with E-state index in [1.54, 1.807) is 24.9 Å². The van der Waals surface area contributed by atoms with Crippen molar-refractivity contribution in [2.75, 3.05) is 0 Å². The van der Waals surface area contributed by atoms with Gasteiger partial charge in [0.25, 0.3) is 5.91 Å². The molecule has 0 saturated heterocycles. The van der Waals surface area contributed by atoms with E-state index in [0.29, 0.717) is 5.82 Å². The molecule has 18 heavy (non-hydrogen) atoms. The predicted molar refractivity (Wildman–Crippen MR) is 62.8 cm³/mol. The highest BCUT2D eigenvalue weighted by atomic mass is 16.3. The van der Waals surface area contributed by atoms with Crippen LogP contribution in [0, 0.1) is 0 Å². The number of pyridine rings is 1. The third kappa shape index (κ3) is 2.29. The van der Waals surface area contributed by atoms with Crippen LogP contribution in [0.15, 0.2) is 24.8 Å². The first-order valence-electron chi connectivity index (χ1n) is 5.37. The highest BCUT2D eigenvalue weighted by Gasteiger charge is 2.17. The summed E-state index contributed by atoms with van der Waals surface area (Å²) < 4.78 is 1.72. The molecule has 0 fully saturated rings. The van der Waals surface area contributed by atoms with Crippen molar-refractivity contribution in [2.45, 2.75) is 13.0 Å². The molecule has 2 heterocycles. The fourth-order valence-corrected chi connectivity index (χ4v) is 1.60. The smallest absolute Gasteiger partial charge is 0.255 e. The summed E-state index contributed by atoms with van der Waals surface area (Å²) in [4.78, 5) is 15.6. The molecule has 0 spiro atoms. The van der Waals surface area contributed by atoms with E-state index in [2.05, 4.69) is 20.5 Å². The highest BCUT2D eigenvalue weighted by Crippen LogP contribution is 2.15. The minimum Gasteiger partial charge on any atom is -0.505 e. The summed E-state index contributed by atoms with van der Waals surface area (Å²) in [6.45, 7) is 1.79. The molecule has 0 aromatic carbocycles. The van der Waals surface area contributed by atoms with Crippen LogP contribution in [0.1, 0.15) is 29.1 Å². The molecule has 2 aromatic rings. The zero-order valence-electron chi connectivity index (χ0n) is 10.0. The van der Waals surface area contributed by atoms with Gasteiger partial charge in [-0.25, -0.2) is 0 Å². The number of aromatic nitrogens is 4. The normalized spacial score (nSPS) is 12.1. The first-order valence-corrected chi connectivity index (χ1v) is 5.37. The number of nitrogens with zero attached hydrogens (tertiary/aromatic N) is 4. The molecule has 2 N–H and O–H groups in total. The largest absolute Gasteiger partial charge is 0.505 e. The second-order valence-corrected chi connectivity index (χ2v) is 3.89. The van der Waals surface area contributed by atoms with Crippen molar-refractivity contribution in [3.8, 4) is 5.75 Å². The van der Waals surface area contributed by atoms with Gasteiger partial charge in [-0.3, -0.25) is 9.78 Å². The molecule has 0 aliphatic rings. The Labute approximate surface area is 104 Å². The number of hydrogen-bond acceptors (Lipinski definition) is 5. The van der Waals surface area contributed by atoms with Gasteiger partial charge in [-0.1, -0.05) is 0 Å². The molecule has 0 bridgehead atoms. The van der Waals surface area contributed by atoms with Crippen LogP contribution in [0.25, 0.3) is 0 Å². The number of carbonyl (C=O) groups is 1. The van der Waals surface area contributed by atoms with Crippen molar-refractivity contribution < 1.29 is 9.90 Å². The average molecular weight is 247 g/mol. The Hall–Kier alpha value is -2.44. The van der Waals surface area contributed by atoms with Crippen LogP contribution in [0.3, 0.4) is 0 Å². The maximum absolute atomic E-state index is 11.9. The monoisotopic (exact) mass is 247 g/mol. The number of aryl methyl sites for hydroxylation is 1. The quantitative estimate of drug-likeness (QED) is 0.819. The summed E-state index contributed by atoms with van der Waals surface area (Å²) >= 11 is 0. The summed E-state index contributed by atoms with van der Waals surface area (Å²) in [5.74, 6) is 0.0995. The molecule has 2 aromatic heterocycles. The third-order valence-electron chi connectivity index (χ3n) is 2.53. The van der Waals surface area contributed by atoms with Crippen LogP contribution >= 0.6 is 0 Å². The van der Waals surface area contributed by atoms with Crippen LogP contribution in [-0.4, -0.2) is 30.8 Å². The summed E-state index contributed by atoms with van der Waals surface area (Å²) in [6, 6.07) is 1.14. The first-order chi connectivity index (χ1) is 8.59. The van der Waals surface area contributed by atoms with Crippen LogP contribution in [-0.2, 0) is 7.05 Å². The highest BCUT2D eigenvalue weighted by molar-refractivity contribution is 5.96. The van der Waals surface area contributed by atoms with E-state index in [9.17, 15) is 9.90 Å². The second kappa shape index (κ2) is 4.82. The molecule has 1 amide bonds. The van der Waals surface area contributed by atoms with Gasteiger partial charge in [-0.05, 0) is 13.0 Å². The molecular formula is C11H13N5O2. The maximum Gasteiger partial charge on any atom is 0.255 e. The fraction of sp³-hybridized carbons (Fsp3) is 0.273. The zero-order valence-corrected chi connectivity index (χ0v) is 10.0. The van der Waals surface area contributed by atoms with Gasteiger partial charge in [-0.15, -0.1) is 10.2 Å². The Kier molecular flexibility index (Phi) is 3.22. The predicted octanol–water partition coefficient (Wildman–Crippen LogP) is 0.407. The van der Waals surface area contributed by atoms with Gasteiger partial charge < -0.3 is 15.0 Å². The standard InChI is InChI=1S/C11H13N5O2/c1-7(10-15-13-6-16(10)2)14-11(18)8-3-4-12-5-9(8)17/h3-7,17H,1-2H3,(H,14,18). The maximum atomic E-state index is 11.9. The number of aromatic hydroxyl groups is 1. The van der Waals surface area contributed by atoms with E-state index in [0.717, 1.165) is 0 Å². The van der Waals surface area contributed by atoms with E-state index in [1.807, 2.05) is 0 Å².